The smallest absolute Gasteiger partial charge is 0.220 e. The van der Waals surface area contributed by atoms with E-state index in [9.17, 15) is 4.79 Å². The third-order valence-electron chi connectivity index (χ3n) is 4.34. The highest BCUT2D eigenvalue weighted by Gasteiger charge is 2.33. The van der Waals surface area contributed by atoms with Gasteiger partial charge in [0.05, 0.1) is 0 Å². The van der Waals surface area contributed by atoms with Gasteiger partial charge in [0.1, 0.15) is 0 Å². The van der Waals surface area contributed by atoms with Gasteiger partial charge in [0, 0.05) is 38.0 Å². The highest BCUT2D eigenvalue weighted by molar-refractivity contribution is 5.78. The zero-order chi connectivity index (χ0) is 13.5. The van der Waals surface area contributed by atoms with Crippen molar-refractivity contribution in [3.8, 4) is 0 Å². The van der Waals surface area contributed by atoms with Crippen molar-refractivity contribution >= 4 is 5.91 Å². The first-order chi connectivity index (χ1) is 9.04. The molecule has 1 fully saturated rings. The van der Waals surface area contributed by atoms with Crippen molar-refractivity contribution in [2.45, 2.75) is 32.2 Å². The first-order valence-electron chi connectivity index (χ1n) is 7.12. The van der Waals surface area contributed by atoms with Crippen molar-refractivity contribution in [1.29, 1.82) is 0 Å². The van der Waals surface area contributed by atoms with Gasteiger partial charge in [0.25, 0.3) is 0 Å². The molecule has 3 heteroatoms. The van der Waals surface area contributed by atoms with Crippen LogP contribution in [0.2, 0.25) is 0 Å². The zero-order valence-electron chi connectivity index (χ0n) is 11.8. The molecule has 0 bridgehead atoms. The summed E-state index contributed by atoms with van der Waals surface area (Å²) in [6.07, 6.45) is 0.693. The van der Waals surface area contributed by atoms with E-state index in [2.05, 4.69) is 48.3 Å². The first kappa shape index (κ1) is 12.7. The third kappa shape index (κ3) is 2.52. The van der Waals surface area contributed by atoms with E-state index in [1.165, 1.54) is 11.1 Å². The summed E-state index contributed by atoms with van der Waals surface area (Å²) < 4.78 is 0. The van der Waals surface area contributed by atoms with Gasteiger partial charge >= 0.3 is 0 Å². The molecule has 2 aliphatic rings. The summed E-state index contributed by atoms with van der Waals surface area (Å²) >= 11 is 0. The van der Waals surface area contributed by atoms with Crippen LogP contribution < -0.4 is 5.32 Å². The first-order valence-corrected chi connectivity index (χ1v) is 7.12. The molecule has 2 aliphatic heterocycles. The fourth-order valence-corrected chi connectivity index (χ4v) is 3.55. The minimum Gasteiger partial charge on any atom is -0.356 e. The minimum absolute atomic E-state index is 0.199. The van der Waals surface area contributed by atoms with Gasteiger partial charge in [-0.15, -0.1) is 0 Å². The van der Waals surface area contributed by atoms with Crippen LogP contribution in [0.4, 0.5) is 0 Å². The molecule has 0 radical (unpaired) electrons. The van der Waals surface area contributed by atoms with Crippen molar-refractivity contribution in [3.05, 3.63) is 35.4 Å². The Morgan fingerprint density at radius 3 is 2.89 bits per heavy atom. The van der Waals surface area contributed by atoms with Gasteiger partial charge < -0.3 is 5.32 Å². The van der Waals surface area contributed by atoms with E-state index in [-0.39, 0.29) is 11.3 Å². The van der Waals surface area contributed by atoms with Crippen molar-refractivity contribution < 1.29 is 4.79 Å². The lowest BCUT2D eigenvalue weighted by atomic mass is 9.78. The van der Waals surface area contributed by atoms with Crippen LogP contribution in [0.5, 0.6) is 0 Å². The monoisotopic (exact) mass is 258 g/mol. The van der Waals surface area contributed by atoms with Crippen LogP contribution in [-0.4, -0.2) is 30.4 Å². The molecule has 0 aliphatic carbocycles. The summed E-state index contributed by atoms with van der Waals surface area (Å²) in [5.41, 5.74) is 3.12. The number of hydrogen-bond donors (Lipinski definition) is 1. The van der Waals surface area contributed by atoms with Gasteiger partial charge in [0.15, 0.2) is 0 Å². The Hall–Kier alpha value is -1.35. The van der Waals surface area contributed by atoms with Crippen LogP contribution in [0.1, 0.15) is 31.4 Å². The van der Waals surface area contributed by atoms with Gasteiger partial charge in [0.2, 0.25) is 5.91 Å². The molecular weight excluding hydrogens is 236 g/mol. The average Bonchev–Trinajstić information content (AvgIpc) is 2.74. The van der Waals surface area contributed by atoms with Crippen LogP contribution in [0.25, 0.3) is 0 Å². The van der Waals surface area contributed by atoms with Gasteiger partial charge in [-0.2, -0.15) is 0 Å². The van der Waals surface area contributed by atoms with Crippen LogP contribution in [-0.2, 0) is 16.8 Å². The quantitative estimate of drug-likeness (QED) is 0.879. The summed E-state index contributed by atoms with van der Waals surface area (Å²) in [6, 6.07) is 8.75. The second-order valence-electron chi connectivity index (χ2n) is 6.58. The molecule has 0 saturated carbocycles. The van der Waals surface area contributed by atoms with Crippen LogP contribution in [0.3, 0.4) is 0 Å². The van der Waals surface area contributed by atoms with E-state index in [1.807, 2.05) is 0 Å². The van der Waals surface area contributed by atoms with E-state index in [1.54, 1.807) is 0 Å². The van der Waals surface area contributed by atoms with E-state index >= 15 is 0 Å². The summed E-state index contributed by atoms with van der Waals surface area (Å²) in [7, 11) is 0. The molecule has 1 unspecified atom stereocenters. The standard InChI is InChI=1S/C16H22N2O/c1-16(2)11-18(9-12-7-15(19)17-8-12)10-13-5-3-4-6-14(13)16/h3-6,12H,7-11H2,1-2H3,(H,17,19). The van der Waals surface area contributed by atoms with E-state index in [0.29, 0.717) is 12.3 Å². The van der Waals surface area contributed by atoms with Gasteiger partial charge in [-0.1, -0.05) is 38.1 Å². The number of nitrogens with zero attached hydrogens (tertiary/aromatic N) is 1. The zero-order valence-corrected chi connectivity index (χ0v) is 11.8. The molecule has 1 atom stereocenters. The van der Waals surface area contributed by atoms with Crippen LogP contribution in [0.15, 0.2) is 24.3 Å². The number of fused-ring (bicyclic) bond motifs is 1. The lowest BCUT2D eigenvalue weighted by molar-refractivity contribution is -0.119. The topological polar surface area (TPSA) is 32.3 Å². The fraction of sp³-hybridized carbons (Fsp3) is 0.562. The highest BCUT2D eigenvalue weighted by atomic mass is 16.1. The van der Waals surface area contributed by atoms with Crippen molar-refractivity contribution in [3.63, 3.8) is 0 Å². The lowest BCUT2D eigenvalue weighted by Gasteiger charge is -2.40. The molecule has 0 spiro atoms. The molecule has 1 N–H and O–H groups in total. The highest BCUT2D eigenvalue weighted by Crippen LogP contribution is 2.33. The normalized spacial score (nSPS) is 26.0. The van der Waals surface area contributed by atoms with Crippen LogP contribution >= 0.6 is 0 Å². The maximum absolute atomic E-state index is 11.3. The Morgan fingerprint density at radius 1 is 1.37 bits per heavy atom. The molecule has 0 aromatic heterocycles. The SMILES string of the molecule is CC1(C)CN(CC2CNC(=O)C2)Cc2ccccc21. The van der Waals surface area contributed by atoms with Crippen LogP contribution in [0, 0.1) is 5.92 Å². The molecule has 2 heterocycles. The molecule has 102 valence electrons. The molecule has 1 amide bonds. The summed E-state index contributed by atoms with van der Waals surface area (Å²) in [5, 5.41) is 2.93. The van der Waals surface area contributed by atoms with E-state index in [0.717, 1.165) is 26.2 Å². The molecular formula is C16H22N2O. The van der Waals surface area contributed by atoms with Gasteiger partial charge in [-0.05, 0) is 17.0 Å². The lowest BCUT2D eigenvalue weighted by Crippen LogP contribution is -2.44. The predicted molar refractivity (Wildman–Crippen MR) is 75.9 cm³/mol. The molecule has 1 aromatic rings. The third-order valence-corrected chi connectivity index (χ3v) is 4.34. The number of hydrogen-bond acceptors (Lipinski definition) is 2. The van der Waals surface area contributed by atoms with E-state index in [4.69, 9.17) is 0 Å². The molecule has 3 nitrogen and oxygen atoms in total. The Kier molecular flexibility index (Phi) is 3.09. The predicted octanol–water partition coefficient (Wildman–Crippen LogP) is 1.92. The number of rotatable bonds is 2. The number of amides is 1. The Morgan fingerprint density at radius 2 is 2.16 bits per heavy atom. The molecule has 3 rings (SSSR count). The summed E-state index contributed by atoms with van der Waals surface area (Å²) in [4.78, 5) is 13.8. The molecule has 1 aromatic carbocycles. The Bertz CT molecular complexity index is 495. The fourth-order valence-electron chi connectivity index (χ4n) is 3.55. The maximum atomic E-state index is 11.3. The molecule has 1 saturated heterocycles. The Balaban J connectivity index is 1.75. The number of nitrogens with one attached hydrogen (secondary N) is 1. The minimum atomic E-state index is 0.199. The molecule has 19 heavy (non-hydrogen) atoms. The van der Waals surface area contributed by atoms with Crippen molar-refractivity contribution in [1.82, 2.24) is 10.2 Å². The van der Waals surface area contributed by atoms with Gasteiger partial charge in [-0.25, -0.2) is 0 Å². The summed E-state index contributed by atoms with van der Waals surface area (Å²) in [5.74, 6) is 0.690. The van der Waals surface area contributed by atoms with Gasteiger partial charge in [-0.3, -0.25) is 9.69 Å². The number of benzene rings is 1. The second kappa shape index (κ2) is 4.64. The number of carbonyl (C=O) groups excluding carboxylic acids is 1. The summed E-state index contributed by atoms with van der Waals surface area (Å²) in [6.45, 7) is 8.60. The van der Waals surface area contributed by atoms with Crippen molar-refractivity contribution in [2.24, 2.45) is 5.92 Å². The average molecular weight is 258 g/mol. The van der Waals surface area contributed by atoms with E-state index < -0.39 is 0 Å². The Labute approximate surface area is 115 Å². The maximum Gasteiger partial charge on any atom is 0.220 e. The van der Waals surface area contributed by atoms with Crippen molar-refractivity contribution in [2.75, 3.05) is 19.6 Å². The second-order valence-corrected chi connectivity index (χ2v) is 6.58. The largest absolute Gasteiger partial charge is 0.356 e. The number of carbonyl (C=O) groups is 1.